The van der Waals surface area contributed by atoms with Crippen molar-refractivity contribution in [3.05, 3.63) is 53.6 Å². The van der Waals surface area contributed by atoms with E-state index < -0.39 is 22.0 Å². The first-order valence-corrected chi connectivity index (χ1v) is 11.7. The lowest BCUT2D eigenvalue weighted by molar-refractivity contribution is -0.117. The Bertz CT molecular complexity index is 1060. The standard InChI is InChI=1S/C22H27N3O4S/c1-15-7-8-16(2)20(14-15)25(30(4,28)29)17(3)22(27)23-18-9-11-19(12-10-18)24-13-5-6-21(24)26/h7-12,14,17H,5-6,13H2,1-4H3,(H,23,27). The highest BCUT2D eigenvalue weighted by Gasteiger charge is 2.30. The zero-order valence-corrected chi connectivity index (χ0v) is 18.5. The monoisotopic (exact) mass is 429 g/mol. The van der Waals surface area contributed by atoms with Gasteiger partial charge in [-0.1, -0.05) is 12.1 Å². The predicted molar refractivity (Wildman–Crippen MR) is 119 cm³/mol. The molecule has 160 valence electrons. The molecule has 1 heterocycles. The number of carbonyl (C=O) groups is 2. The number of aryl methyl sites for hydroxylation is 2. The zero-order valence-electron chi connectivity index (χ0n) is 17.7. The molecule has 0 spiro atoms. The summed E-state index contributed by atoms with van der Waals surface area (Å²) < 4.78 is 26.2. The highest BCUT2D eigenvalue weighted by Crippen LogP contribution is 2.27. The minimum atomic E-state index is -3.69. The van der Waals surface area contributed by atoms with Gasteiger partial charge in [0.05, 0.1) is 11.9 Å². The Balaban J connectivity index is 1.80. The number of hydrogen-bond donors (Lipinski definition) is 1. The van der Waals surface area contributed by atoms with Crippen molar-refractivity contribution in [2.75, 3.05) is 27.3 Å². The van der Waals surface area contributed by atoms with E-state index in [1.54, 1.807) is 42.2 Å². The van der Waals surface area contributed by atoms with Gasteiger partial charge in [-0.15, -0.1) is 0 Å². The van der Waals surface area contributed by atoms with E-state index >= 15 is 0 Å². The molecular weight excluding hydrogens is 402 g/mol. The summed E-state index contributed by atoms with van der Waals surface area (Å²) in [5.74, 6) is -0.343. The lowest BCUT2D eigenvalue weighted by atomic mass is 10.1. The first-order chi connectivity index (χ1) is 14.1. The van der Waals surface area contributed by atoms with Crippen LogP contribution in [-0.4, -0.2) is 39.1 Å². The SMILES string of the molecule is Cc1ccc(C)c(N(C(C)C(=O)Nc2ccc(N3CCCC3=O)cc2)S(C)(=O)=O)c1. The lowest BCUT2D eigenvalue weighted by Crippen LogP contribution is -2.45. The van der Waals surface area contributed by atoms with Gasteiger partial charge >= 0.3 is 0 Å². The van der Waals surface area contributed by atoms with Gasteiger partial charge < -0.3 is 10.2 Å². The second-order valence-corrected chi connectivity index (χ2v) is 9.57. The van der Waals surface area contributed by atoms with Crippen LogP contribution in [0.1, 0.15) is 30.9 Å². The zero-order chi connectivity index (χ0) is 22.1. The van der Waals surface area contributed by atoms with Crippen LogP contribution in [0, 0.1) is 13.8 Å². The summed E-state index contributed by atoms with van der Waals surface area (Å²) in [7, 11) is -3.69. The van der Waals surface area contributed by atoms with Crippen LogP contribution >= 0.6 is 0 Å². The van der Waals surface area contributed by atoms with Gasteiger partial charge in [-0.05, 0) is 68.7 Å². The van der Waals surface area contributed by atoms with E-state index in [1.165, 1.54) is 0 Å². The van der Waals surface area contributed by atoms with E-state index in [0.29, 0.717) is 24.3 Å². The summed E-state index contributed by atoms with van der Waals surface area (Å²) in [6, 6.07) is 11.6. The van der Waals surface area contributed by atoms with Gasteiger partial charge in [0.25, 0.3) is 0 Å². The van der Waals surface area contributed by atoms with Crippen molar-refractivity contribution < 1.29 is 18.0 Å². The average molecular weight is 430 g/mol. The number of hydrogen-bond acceptors (Lipinski definition) is 4. The molecule has 2 amide bonds. The predicted octanol–water partition coefficient (Wildman–Crippen LogP) is 3.22. The molecule has 3 rings (SSSR count). The fraction of sp³-hybridized carbons (Fsp3) is 0.364. The van der Waals surface area contributed by atoms with Gasteiger partial charge in [-0.2, -0.15) is 0 Å². The summed E-state index contributed by atoms with van der Waals surface area (Å²) in [4.78, 5) is 26.5. The number of carbonyl (C=O) groups excluding carboxylic acids is 2. The number of sulfonamides is 1. The van der Waals surface area contributed by atoms with Crippen molar-refractivity contribution in [3.63, 3.8) is 0 Å². The Hall–Kier alpha value is -2.87. The molecule has 0 bridgehead atoms. The maximum absolute atomic E-state index is 12.9. The van der Waals surface area contributed by atoms with E-state index in [0.717, 1.165) is 33.8 Å². The number of amides is 2. The number of nitrogens with zero attached hydrogens (tertiary/aromatic N) is 2. The molecule has 0 saturated carbocycles. The van der Waals surface area contributed by atoms with Crippen LogP contribution in [0.4, 0.5) is 17.1 Å². The Morgan fingerprint density at radius 2 is 1.80 bits per heavy atom. The van der Waals surface area contributed by atoms with Crippen LogP contribution in [0.5, 0.6) is 0 Å². The first kappa shape index (κ1) is 21.8. The quantitative estimate of drug-likeness (QED) is 0.764. The number of anilines is 3. The third-order valence-electron chi connectivity index (χ3n) is 5.21. The van der Waals surface area contributed by atoms with Gasteiger partial charge in [0.15, 0.2) is 0 Å². The second-order valence-electron chi connectivity index (χ2n) is 7.71. The molecule has 1 saturated heterocycles. The van der Waals surface area contributed by atoms with Crippen molar-refractivity contribution in [1.82, 2.24) is 0 Å². The Kier molecular flexibility index (Phi) is 6.17. The van der Waals surface area contributed by atoms with Gasteiger partial charge in [0.2, 0.25) is 21.8 Å². The summed E-state index contributed by atoms with van der Waals surface area (Å²) >= 11 is 0. The van der Waals surface area contributed by atoms with Crippen LogP contribution in [0.25, 0.3) is 0 Å². The van der Waals surface area contributed by atoms with Crippen molar-refractivity contribution in [2.45, 2.75) is 39.7 Å². The summed E-state index contributed by atoms with van der Waals surface area (Å²) in [5.41, 5.74) is 3.49. The fourth-order valence-corrected chi connectivity index (χ4v) is 4.85. The van der Waals surface area contributed by atoms with Crippen molar-refractivity contribution in [3.8, 4) is 0 Å². The average Bonchev–Trinajstić information content (AvgIpc) is 3.10. The molecule has 8 heteroatoms. The maximum Gasteiger partial charge on any atom is 0.247 e. The van der Waals surface area contributed by atoms with Gasteiger partial charge in [-0.25, -0.2) is 8.42 Å². The molecule has 1 N–H and O–H groups in total. The largest absolute Gasteiger partial charge is 0.324 e. The molecule has 30 heavy (non-hydrogen) atoms. The highest BCUT2D eigenvalue weighted by atomic mass is 32.2. The molecule has 1 aliphatic rings. The van der Waals surface area contributed by atoms with Gasteiger partial charge in [0, 0.05) is 24.3 Å². The maximum atomic E-state index is 12.9. The van der Waals surface area contributed by atoms with E-state index in [2.05, 4.69) is 5.32 Å². The molecule has 0 radical (unpaired) electrons. The third kappa shape index (κ3) is 4.64. The van der Waals surface area contributed by atoms with Crippen molar-refractivity contribution in [2.24, 2.45) is 0 Å². The number of nitrogens with one attached hydrogen (secondary N) is 1. The summed E-state index contributed by atoms with van der Waals surface area (Å²) in [5, 5.41) is 2.78. The van der Waals surface area contributed by atoms with Crippen LogP contribution < -0.4 is 14.5 Å². The Labute approximate surface area is 177 Å². The molecular formula is C22H27N3O4S. The van der Waals surface area contributed by atoms with E-state index in [1.807, 2.05) is 26.0 Å². The molecule has 2 aromatic carbocycles. The van der Waals surface area contributed by atoms with Crippen LogP contribution in [0.3, 0.4) is 0 Å². The minimum Gasteiger partial charge on any atom is -0.324 e. The summed E-state index contributed by atoms with van der Waals surface area (Å²) in [6.45, 7) is 5.95. The fourth-order valence-electron chi connectivity index (χ4n) is 3.63. The normalized spacial score (nSPS) is 15.2. The Morgan fingerprint density at radius 3 is 2.37 bits per heavy atom. The van der Waals surface area contributed by atoms with Crippen molar-refractivity contribution >= 4 is 38.9 Å². The molecule has 1 fully saturated rings. The molecule has 1 unspecified atom stereocenters. The molecule has 7 nitrogen and oxygen atoms in total. The Morgan fingerprint density at radius 1 is 1.13 bits per heavy atom. The second kappa shape index (κ2) is 8.47. The molecule has 1 atom stereocenters. The lowest BCUT2D eigenvalue weighted by Gasteiger charge is -2.29. The van der Waals surface area contributed by atoms with E-state index in [-0.39, 0.29) is 5.91 Å². The van der Waals surface area contributed by atoms with Crippen molar-refractivity contribution in [1.29, 1.82) is 0 Å². The smallest absolute Gasteiger partial charge is 0.247 e. The number of rotatable bonds is 6. The van der Waals surface area contributed by atoms with Gasteiger partial charge in [-0.3, -0.25) is 13.9 Å². The van der Waals surface area contributed by atoms with Crippen LogP contribution in [0.2, 0.25) is 0 Å². The first-order valence-electron chi connectivity index (χ1n) is 9.86. The van der Waals surface area contributed by atoms with Gasteiger partial charge in [0.1, 0.15) is 6.04 Å². The number of benzene rings is 2. The topological polar surface area (TPSA) is 86.8 Å². The van der Waals surface area contributed by atoms with E-state index in [4.69, 9.17) is 0 Å². The highest BCUT2D eigenvalue weighted by molar-refractivity contribution is 7.92. The molecule has 1 aliphatic heterocycles. The molecule has 0 aromatic heterocycles. The van der Waals surface area contributed by atoms with Crippen LogP contribution in [-0.2, 0) is 19.6 Å². The summed E-state index contributed by atoms with van der Waals surface area (Å²) in [6.07, 6.45) is 2.49. The van der Waals surface area contributed by atoms with E-state index in [9.17, 15) is 18.0 Å². The molecule has 2 aromatic rings. The third-order valence-corrected chi connectivity index (χ3v) is 6.44. The van der Waals surface area contributed by atoms with Crippen LogP contribution in [0.15, 0.2) is 42.5 Å². The molecule has 0 aliphatic carbocycles. The minimum absolute atomic E-state index is 0.0951.